The Morgan fingerprint density at radius 3 is 2.48 bits per heavy atom. The Balaban J connectivity index is 1.51. The van der Waals surface area contributed by atoms with Crippen molar-refractivity contribution in [2.75, 3.05) is 6.61 Å². The fourth-order valence-corrected chi connectivity index (χ4v) is 4.20. The Bertz CT molecular complexity index is 992. The topological polar surface area (TPSA) is 112 Å². The fourth-order valence-electron chi connectivity index (χ4n) is 3.69. The number of aliphatic hydroxyl groups excluding tert-OH is 4. The van der Waals surface area contributed by atoms with Crippen LogP contribution in [0.15, 0.2) is 54.0 Å². The van der Waals surface area contributed by atoms with Crippen molar-refractivity contribution in [1.29, 1.82) is 0 Å². The van der Waals surface area contributed by atoms with Gasteiger partial charge in [0.15, 0.2) is 0 Å². The van der Waals surface area contributed by atoms with Crippen molar-refractivity contribution in [3.8, 4) is 10.9 Å². The Morgan fingerprint density at radius 2 is 1.81 bits per heavy atom. The Hall–Kier alpha value is -2.33. The first kappa shape index (κ1) is 21.9. The van der Waals surface area contributed by atoms with Crippen LogP contribution in [0.25, 0.3) is 0 Å². The van der Waals surface area contributed by atoms with Crippen LogP contribution >= 0.6 is 11.3 Å². The Labute approximate surface area is 184 Å². The van der Waals surface area contributed by atoms with Gasteiger partial charge in [-0.05, 0) is 47.7 Å². The van der Waals surface area contributed by atoms with Crippen LogP contribution in [0.5, 0.6) is 10.9 Å². The third-order valence-electron chi connectivity index (χ3n) is 5.53. The molecule has 1 unspecified atom stereocenters. The van der Waals surface area contributed by atoms with Gasteiger partial charge in [-0.25, -0.2) is 4.98 Å². The molecule has 1 aliphatic rings. The zero-order chi connectivity index (χ0) is 22.0. The summed E-state index contributed by atoms with van der Waals surface area (Å²) in [6.07, 6.45) is -3.48. The number of benzene rings is 2. The smallest absolute Gasteiger partial charge is 0.278 e. The molecule has 0 spiro atoms. The monoisotopic (exact) mass is 443 g/mol. The standard InChI is InChI=1S/C23H25NO6S/c1-13-2-5-15(22-21(28)20(27)19(26)18(12-25)30-22)11-16(13)10-14-3-6-17(7-4-14)29-23-24-8-9-31-23/h2-9,11,18-22,25-28H,10,12H2,1H3/t18-,19-,20?,21-,22+/m1/s1. The van der Waals surface area contributed by atoms with E-state index in [0.29, 0.717) is 22.9 Å². The van der Waals surface area contributed by atoms with Gasteiger partial charge >= 0.3 is 0 Å². The van der Waals surface area contributed by atoms with E-state index in [4.69, 9.17) is 9.47 Å². The average Bonchev–Trinajstić information content (AvgIpc) is 3.28. The van der Waals surface area contributed by atoms with E-state index in [-0.39, 0.29) is 0 Å². The summed E-state index contributed by atoms with van der Waals surface area (Å²) in [5, 5.41) is 42.4. The van der Waals surface area contributed by atoms with Crippen LogP contribution in [-0.2, 0) is 11.2 Å². The molecule has 3 aromatic rings. The van der Waals surface area contributed by atoms with Crippen molar-refractivity contribution < 1.29 is 29.9 Å². The third-order valence-corrected chi connectivity index (χ3v) is 6.17. The number of ether oxygens (including phenoxy) is 2. The van der Waals surface area contributed by atoms with E-state index in [0.717, 1.165) is 16.7 Å². The van der Waals surface area contributed by atoms with Gasteiger partial charge in [-0.1, -0.05) is 41.7 Å². The highest BCUT2D eigenvalue weighted by molar-refractivity contribution is 7.11. The second-order valence-electron chi connectivity index (χ2n) is 7.66. The summed E-state index contributed by atoms with van der Waals surface area (Å²) in [7, 11) is 0. The first-order valence-electron chi connectivity index (χ1n) is 10.0. The summed E-state index contributed by atoms with van der Waals surface area (Å²) >= 11 is 1.43. The molecule has 31 heavy (non-hydrogen) atoms. The molecule has 0 radical (unpaired) electrons. The first-order valence-corrected chi connectivity index (χ1v) is 10.9. The number of hydrogen-bond donors (Lipinski definition) is 4. The molecule has 0 aliphatic carbocycles. The van der Waals surface area contributed by atoms with Crippen LogP contribution in [0.1, 0.15) is 28.4 Å². The molecule has 164 valence electrons. The molecule has 1 aromatic heterocycles. The van der Waals surface area contributed by atoms with Gasteiger partial charge in [0.05, 0.1) is 6.61 Å². The Kier molecular flexibility index (Phi) is 6.66. The van der Waals surface area contributed by atoms with E-state index in [1.54, 1.807) is 6.20 Å². The molecule has 4 rings (SSSR count). The average molecular weight is 444 g/mol. The maximum Gasteiger partial charge on any atom is 0.278 e. The van der Waals surface area contributed by atoms with Gasteiger partial charge in [0.25, 0.3) is 5.19 Å². The zero-order valence-electron chi connectivity index (χ0n) is 17.0. The minimum Gasteiger partial charge on any atom is -0.431 e. The molecular weight excluding hydrogens is 418 g/mol. The summed E-state index contributed by atoms with van der Waals surface area (Å²) in [4.78, 5) is 4.11. The normalized spacial score (nSPS) is 26.0. The van der Waals surface area contributed by atoms with Crippen molar-refractivity contribution >= 4 is 11.3 Å². The summed E-state index contributed by atoms with van der Waals surface area (Å²) in [5.74, 6) is 0.713. The maximum absolute atomic E-state index is 10.4. The summed E-state index contributed by atoms with van der Waals surface area (Å²) < 4.78 is 11.4. The van der Waals surface area contributed by atoms with Crippen LogP contribution in [-0.4, -0.2) is 56.4 Å². The molecule has 1 fully saturated rings. The highest BCUT2D eigenvalue weighted by atomic mass is 32.1. The van der Waals surface area contributed by atoms with Crippen molar-refractivity contribution in [1.82, 2.24) is 4.98 Å². The molecule has 7 nitrogen and oxygen atoms in total. The molecule has 2 heterocycles. The fraction of sp³-hybridized carbons (Fsp3) is 0.348. The van der Waals surface area contributed by atoms with Gasteiger partial charge in [-0.2, -0.15) is 0 Å². The largest absolute Gasteiger partial charge is 0.431 e. The lowest BCUT2D eigenvalue weighted by Crippen LogP contribution is -2.55. The highest BCUT2D eigenvalue weighted by Gasteiger charge is 2.43. The van der Waals surface area contributed by atoms with Crippen molar-refractivity contribution in [2.24, 2.45) is 0 Å². The van der Waals surface area contributed by atoms with Crippen molar-refractivity contribution in [2.45, 2.75) is 43.9 Å². The predicted molar refractivity (Wildman–Crippen MR) is 115 cm³/mol. The summed E-state index contributed by atoms with van der Waals surface area (Å²) in [6.45, 7) is 1.56. The molecule has 1 saturated heterocycles. The lowest BCUT2D eigenvalue weighted by molar-refractivity contribution is -0.231. The minimum atomic E-state index is -1.40. The molecule has 4 N–H and O–H groups in total. The van der Waals surface area contributed by atoms with Crippen LogP contribution in [0.3, 0.4) is 0 Å². The number of rotatable bonds is 6. The predicted octanol–water partition coefficient (Wildman–Crippen LogP) is 2.35. The van der Waals surface area contributed by atoms with E-state index < -0.39 is 37.1 Å². The van der Waals surface area contributed by atoms with Crippen LogP contribution in [0.2, 0.25) is 0 Å². The lowest BCUT2D eigenvalue weighted by atomic mass is 9.89. The summed E-state index contributed by atoms with van der Waals surface area (Å²) in [5.41, 5.74) is 3.89. The van der Waals surface area contributed by atoms with E-state index >= 15 is 0 Å². The van der Waals surface area contributed by atoms with Gasteiger partial charge < -0.3 is 29.9 Å². The van der Waals surface area contributed by atoms with Gasteiger partial charge in [0.2, 0.25) is 0 Å². The van der Waals surface area contributed by atoms with E-state index in [1.807, 2.05) is 54.8 Å². The lowest BCUT2D eigenvalue weighted by Gasteiger charge is -2.40. The number of nitrogens with zero attached hydrogens (tertiary/aromatic N) is 1. The van der Waals surface area contributed by atoms with E-state index in [9.17, 15) is 20.4 Å². The molecule has 0 bridgehead atoms. The quantitative estimate of drug-likeness (QED) is 0.463. The molecular formula is C23H25NO6S. The minimum absolute atomic E-state index is 0.449. The van der Waals surface area contributed by atoms with E-state index in [2.05, 4.69) is 4.98 Å². The van der Waals surface area contributed by atoms with Crippen molar-refractivity contribution in [3.63, 3.8) is 0 Å². The second kappa shape index (κ2) is 9.44. The van der Waals surface area contributed by atoms with Crippen LogP contribution in [0.4, 0.5) is 0 Å². The number of aliphatic hydroxyl groups is 4. The third kappa shape index (κ3) is 4.79. The summed E-state index contributed by atoms with van der Waals surface area (Å²) in [6, 6.07) is 13.5. The van der Waals surface area contributed by atoms with E-state index in [1.165, 1.54) is 11.3 Å². The number of thiazole rings is 1. The van der Waals surface area contributed by atoms with Crippen LogP contribution in [0, 0.1) is 6.92 Å². The SMILES string of the molecule is Cc1ccc([C@@H]2O[C@H](CO)[C@@H](O)C(O)[C@H]2O)cc1Cc1ccc(Oc2nccs2)cc1. The molecule has 0 amide bonds. The van der Waals surface area contributed by atoms with Gasteiger partial charge in [0, 0.05) is 11.6 Å². The van der Waals surface area contributed by atoms with Gasteiger partial charge in [-0.3, -0.25) is 0 Å². The molecule has 2 aromatic carbocycles. The molecule has 8 heteroatoms. The van der Waals surface area contributed by atoms with Crippen LogP contribution < -0.4 is 4.74 Å². The number of aromatic nitrogens is 1. The van der Waals surface area contributed by atoms with Gasteiger partial charge in [0.1, 0.15) is 36.3 Å². The van der Waals surface area contributed by atoms with Gasteiger partial charge in [-0.15, -0.1) is 0 Å². The molecule has 5 atom stereocenters. The Morgan fingerprint density at radius 1 is 1.03 bits per heavy atom. The first-order chi connectivity index (χ1) is 15.0. The number of hydrogen-bond acceptors (Lipinski definition) is 8. The maximum atomic E-state index is 10.4. The molecule has 0 saturated carbocycles. The van der Waals surface area contributed by atoms with Crippen molar-refractivity contribution in [3.05, 3.63) is 76.3 Å². The zero-order valence-corrected chi connectivity index (χ0v) is 17.8. The number of aryl methyl sites for hydroxylation is 1. The molecule has 1 aliphatic heterocycles. The second-order valence-corrected chi connectivity index (χ2v) is 8.51. The highest BCUT2D eigenvalue weighted by Crippen LogP contribution is 2.33.